The smallest absolute Gasteiger partial charge is 0.243 e. The highest BCUT2D eigenvalue weighted by Crippen LogP contribution is 2.24. The molecule has 0 bridgehead atoms. The fourth-order valence-electron chi connectivity index (χ4n) is 2.59. The van der Waals surface area contributed by atoms with Crippen molar-refractivity contribution in [2.75, 3.05) is 13.1 Å². The van der Waals surface area contributed by atoms with Gasteiger partial charge in [0.2, 0.25) is 10.0 Å². The molecule has 2 atom stereocenters. The zero-order chi connectivity index (χ0) is 14.9. The molecular formula is C14H22N2O3S. The van der Waals surface area contributed by atoms with Gasteiger partial charge in [0.15, 0.2) is 0 Å². The topological polar surface area (TPSA) is 72.6 Å². The van der Waals surface area contributed by atoms with Crippen LogP contribution in [-0.4, -0.2) is 38.0 Å². The zero-order valence-electron chi connectivity index (χ0n) is 12.2. The van der Waals surface area contributed by atoms with E-state index >= 15 is 0 Å². The molecule has 6 heteroatoms. The quantitative estimate of drug-likeness (QED) is 0.911. The lowest BCUT2D eigenvalue weighted by Crippen LogP contribution is -2.48. The van der Waals surface area contributed by atoms with E-state index < -0.39 is 10.0 Å². The molecule has 1 heterocycles. The van der Waals surface area contributed by atoms with Gasteiger partial charge in [0.25, 0.3) is 0 Å². The maximum absolute atomic E-state index is 12.7. The Morgan fingerprint density at radius 2 is 1.90 bits per heavy atom. The number of benzene rings is 1. The van der Waals surface area contributed by atoms with Crippen LogP contribution in [-0.2, 0) is 21.3 Å². The molecule has 1 aliphatic rings. The summed E-state index contributed by atoms with van der Waals surface area (Å²) in [6, 6.07) is 5.25. The van der Waals surface area contributed by atoms with Gasteiger partial charge in [-0.05, 0) is 38.0 Å². The van der Waals surface area contributed by atoms with E-state index in [1.165, 1.54) is 4.31 Å². The second kappa shape index (κ2) is 5.81. The Balaban J connectivity index is 2.35. The number of nitrogens with zero attached hydrogens (tertiary/aromatic N) is 1. The minimum atomic E-state index is -3.47. The first-order valence-corrected chi connectivity index (χ1v) is 8.23. The molecule has 0 radical (unpaired) electrons. The van der Waals surface area contributed by atoms with Gasteiger partial charge in [-0.1, -0.05) is 12.1 Å². The number of aryl methyl sites for hydroxylation is 1. The molecule has 20 heavy (non-hydrogen) atoms. The molecule has 1 aromatic rings. The Bertz CT molecular complexity index is 576. The second-order valence-electron chi connectivity index (χ2n) is 5.38. The molecule has 1 aliphatic heterocycles. The molecule has 5 nitrogen and oxygen atoms in total. The third-order valence-electron chi connectivity index (χ3n) is 3.48. The van der Waals surface area contributed by atoms with Crippen molar-refractivity contribution in [3.05, 3.63) is 29.3 Å². The third-order valence-corrected chi connectivity index (χ3v) is 5.47. The Kier molecular flexibility index (Phi) is 4.49. The number of ether oxygens (including phenoxy) is 1. The first-order valence-electron chi connectivity index (χ1n) is 6.79. The van der Waals surface area contributed by atoms with Crippen molar-refractivity contribution in [2.45, 2.75) is 44.4 Å². The number of hydrogen-bond donors (Lipinski definition) is 1. The van der Waals surface area contributed by atoms with Gasteiger partial charge in [-0.3, -0.25) is 0 Å². The van der Waals surface area contributed by atoms with Crippen LogP contribution in [0.15, 0.2) is 23.1 Å². The summed E-state index contributed by atoms with van der Waals surface area (Å²) in [5.41, 5.74) is 7.25. The number of rotatable bonds is 3. The SMILES string of the molecule is Cc1cc(CN)ccc1S(=O)(=O)N1C[C@@H](C)O[C@@H](C)C1. The van der Waals surface area contributed by atoms with Crippen LogP contribution in [0.4, 0.5) is 0 Å². The summed E-state index contributed by atoms with van der Waals surface area (Å²) in [5.74, 6) is 0. The lowest BCUT2D eigenvalue weighted by atomic mass is 10.1. The van der Waals surface area contributed by atoms with Crippen LogP contribution < -0.4 is 5.73 Å². The first-order chi connectivity index (χ1) is 9.34. The van der Waals surface area contributed by atoms with Crippen molar-refractivity contribution in [3.8, 4) is 0 Å². The highest BCUT2D eigenvalue weighted by Gasteiger charge is 2.32. The predicted octanol–water partition coefficient (Wildman–Crippen LogP) is 1.25. The molecule has 0 amide bonds. The fourth-order valence-corrected chi connectivity index (χ4v) is 4.39. The van der Waals surface area contributed by atoms with Crippen molar-refractivity contribution in [3.63, 3.8) is 0 Å². The molecular weight excluding hydrogens is 276 g/mol. The van der Waals surface area contributed by atoms with E-state index in [1.54, 1.807) is 19.1 Å². The first kappa shape index (κ1) is 15.4. The molecule has 0 unspecified atom stereocenters. The van der Waals surface area contributed by atoms with E-state index in [0.717, 1.165) is 11.1 Å². The van der Waals surface area contributed by atoms with Gasteiger partial charge in [-0.15, -0.1) is 0 Å². The molecule has 0 saturated carbocycles. The average Bonchev–Trinajstić information content (AvgIpc) is 2.37. The molecule has 2 N–H and O–H groups in total. The van der Waals surface area contributed by atoms with Crippen molar-refractivity contribution >= 4 is 10.0 Å². The molecule has 1 fully saturated rings. The summed E-state index contributed by atoms with van der Waals surface area (Å²) < 4.78 is 32.6. The van der Waals surface area contributed by atoms with Crippen molar-refractivity contribution in [1.82, 2.24) is 4.31 Å². The van der Waals surface area contributed by atoms with E-state index in [0.29, 0.717) is 24.5 Å². The zero-order valence-corrected chi connectivity index (χ0v) is 13.0. The van der Waals surface area contributed by atoms with Crippen LogP contribution in [0.1, 0.15) is 25.0 Å². The van der Waals surface area contributed by atoms with Crippen LogP contribution in [0.2, 0.25) is 0 Å². The largest absolute Gasteiger partial charge is 0.373 e. The monoisotopic (exact) mass is 298 g/mol. The molecule has 0 aromatic heterocycles. The van der Waals surface area contributed by atoms with Crippen LogP contribution in [0.5, 0.6) is 0 Å². The Morgan fingerprint density at radius 3 is 2.40 bits per heavy atom. The Hall–Kier alpha value is -0.950. The van der Waals surface area contributed by atoms with Crippen LogP contribution in [0.3, 0.4) is 0 Å². The van der Waals surface area contributed by atoms with Gasteiger partial charge in [-0.25, -0.2) is 8.42 Å². The Morgan fingerprint density at radius 1 is 1.30 bits per heavy atom. The molecule has 1 aromatic carbocycles. The van der Waals surface area contributed by atoms with Gasteiger partial charge in [0.05, 0.1) is 17.1 Å². The van der Waals surface area contributed by atoms with Gasteiger partial charge >= 0.3 is 0 Å². The lowest BCUT2D eigenvalue weighted by molar-refractivity contribution is -0.0440. The normalized spacial score (nSPS) is 24.8. The summed E-state index contributed by atoms with van der Waals surface area (Å²) in [7, 11) is -3.47. The van der Waals surface area contributed by atoms with Crippen LogP contribution >= 0.6 is 0 Å². The van der Waals surface area contributed by atoms with E-state index in [2.05, 4.69) is 0 Å². The number of hydrogen-bond acceptors (Lipinski definition) is 4. The fraction of sp³-hybridized carbons (Fsp3) is 0.571. The predicted molar refractivity (Wildman–Crippen MR) is 77.8 cm³/mol. The Labute approximate surface area is 120 Å². The maximum atomic E-state index is 12.7. The van der Waals surface area contributed by atoms with Gasteiger partial charge in [-0.2, -0.15) is 4.31 Å². The number of sulfonamides is 1. The highest BCUT2D eigenvalue weighted by atomic mass is 32.2. The van der Waals surface area contributed by atoms with E-state index in [-0.39, 0.29) is 12.2 Å². The minimum absolute atomic E-state index is 0.0860. The summed E-state index contributed by atoms with van der Waals surface area (Å²) in [6.45, 7) is 6.78. The highest BCUT2D eigenvalue weighted by molar-refractivity contribution is 7.89. The minimum Gasteiger partial charge on any atom is -0.373 e. The maximum Gasteiger partial charge on any atom is 0.243 e. The van der Waals surface area contributed by atoms with Gasteiger partial charge in [0.1, 0.15) is 0 Å². The molecule has 0 aliphatic carbocycles. The lowest BCUT2D eigenvalue weighted by Gasteiger charge is -2.34. The second-order valence-corrected chi connectivity index (χ2v) is 7.29. The summed E-state index contributed by atoms with van der Waals surface area (Å²) in [5, 5.41) is 0. The van der Waals surface area contributed by atoms with Crippen molar-refractivity contribution in [1.29, 1.82) is 0 Å². The van der Waals surface area contributed by atoms with E-state index in [9.17, 15) is 8.42 Å². The summed E-state index contributed by atoms with van der Waals surface area (Å²) in [4.78, 5) is 0.357. The average molecular weight is 298 g/mol. The standard InChI is InChI=1S/C14H22N2O3S/c1-10-6-13(7-15)4-5-14(10)20(17,18)16-8-11(2)19-12(3)9-16/h4-6,11-12H,7-9,15H2,1-3H3/t11-,12+. The molecule has 0 spiro atoms. The molecule has 1 saturated heterocycles. The van der Waals surface area contributed by atoms with Crippen molar-refractivity contribution in [2.24, 2.45) is 5.73 Å². The van der Waals surface area contributed by atoms with Gasteiger partial charge < -0.3 is 10.5 Å². The number of morpholine rings is 1. The summed E-state index contributed by atoms with van der Waals surface area (Å²) in [6.07, 6.45) is -0.172. The van der Waals surface area contributed by atoms with Crippen LogP contribution in [0, 0.1) is 6.92 Å². The molecule has 112 valence electrons. The van der Waals surface area contributed by atoms with Gasteiger partial charge in [0, 0.05) is 19.6 Å². The molecule has 2 rings (SSSR count). The van der Waals surface area contributed by atoms with Crippen LogP contribution in [0.25, 0.3) is 0 Å². The van der Waals surface area contributed by atoms with E-state index in [1.807, 2.05) is 19.9 Å². The summed E-state index contributed by atoms with van der Waals surface area (Å²) >= 11 is 0. The third kappa shape index (κ3) is 3.03. The van der Waals surface area contributed by atoms with E-state index in [4.69, 9.17) is 10.5 Å². The van der Waals surface area contributed by atoms with Crippen molar-refractivity contribution < 1.29 is 13.2 Å². The number of nitrogens with two attached hydrogens (primary N) is 1.